The highest BCUT2D eigenvalue weighted by Crippen LogP contribution is 2.32. The Balaban J connectivity index is 2.20. The molecule has 1 aliphatic rings. The van der Waals surface area contributed by atoms with Crippen molar-refractivity contribution in [3.63, 3.8) is 0 Å². The van der Waals surface area contributed by atoms with Gasteiger partial charge in [-0.2, -0.15) is 0 Å². The standard InChI is InChI=1S/C15H22N2O2/c1-11-4-3-5-12(2)13(11)17-14(18)15(10-16)6-8-19-9-7-15/h3-5H,6-10,16H2,1-2H3,(H,17,18). The molecule has 0 saturated carbocycles. The maximum absolute atomic E-state index is 12.6. The molecule has 0 bridgehead atoms. The lowest BCUT2D eigenvalue weighted by Gasteiger charge is -2.34. The van der Waals surface area contributed by atoms with Crippen LogP contribution in [0.25, 0.3) is 0 Å². The van der Waals surface area contributed by atoms with Gasteiger partial charge in [-0.15, -0.1) is 0 Å². The van der Waals surface area contributed by atoms with Crippen LogP contribution in [0.3, 0.4) is 0 Å². The van der Waals surface area contributed by atoms with Crippen molar-refractivity contribution >= 4 is 11.6 Å². The Hall–Kier alpha value is -1.39. The van der Waals surface area contributed by atoms with Gasteiger partial charge in [0.05, 0.1) is 5.41 Å². The Labute approximate surface area is 114 Å². The number of anilines is 1. The first kappa shape index (κ1) is 14.0. The third kappa shape index (κ3) is 2.80. The molecule has 1 aliphatic heterocycles. The zero-order valence-electron chi connectivity index (χ0n) is 11.7. The molecule has 0 aliphatic carbocycles. The number of para-hydroxylation sites is 1. The van der Waals surface area contributed by atoms with Crippen LogP contribution < -0.4 is 11.1 Å². The number of aryl methyl sites for hydroxylation is 2. The summed E-state index contributed by atoms with van der Waals surface area (Å²) in [6.45, 7) is 5.59. The van der Waals surface area contributed by atoms with Crippen molar-refractivity contribution in [3.05, 3.63) is 29.3 Å². The molecule has 1 heterocycles. The summed E-state index contributed by atoms with van der Waals surface area (Å²) < 4.78 is 5.34. The van der Waals surface area contributed by atoms with Crippen molar-refractivity contribution in [2.75, 3.05) is 25.1 Å². The van der Waals surface area contributed by atoms with Gasteiger partial charge in [-0.05, 0) is 37.8 Å². The van der Waals surface area contributed by atoms with Gasteiger partial charge in [0.25, 0.3) is 0 Å². The van der Waals surface area contributed by atoms with Crippen molar-refractivity contribution in [3.8, 4) is 0 Å². The number of ether oxygens (including phenoxy) is 1. The van der Waals surface area contributed by atoms with Crippen LogP contribution in [0, 0.1) is 19.3 Å². The Morgan fingerprint density at radius 2 is 1.89 bits per heavy atom. The lowest BCUT2D eigenvalue weighted by molar-refractivity contribution is -0.130. The highest BCUT2D eigenvalue weighted by Gasteiger charge is 2.39. The Morgan fingerprint density at radius 1 is 1.32 bits per heavy atom. The van der Waals surface area contributed by atoms with E-state index < -0.39 is 5.41 Å². The van der Waals surface area contributed by atoms with Gasteiger partial charge in [0.2, 0.25) is 5.91 Å². The van der Waals surface area contributed by atoms with Gasteiger partial charge < -0.3 is 15.8 Å². The summed E-state index contributed by atoms with van der Waals surface area (Å²) >= 11 is 0. The minimum Gasteiger partial charge on any atom is -0.381 e. The molecule has 1 aromatic rings. The van der Waals surface area contributed by atoms with Crippen LogP contribution in [0.4, 0.5) is 5.69 Å². The number of hydrogen-bond donors (Lipinski definition) is 2. The first-order valence-corrected chi connectivity index (χ1v) is 6.74. The number of rotatable bonds is 3. The van der Waals surface area contributed by atoms with Gasteiger partial charge in [0.1, 0.15) is 0 Å². The molecule has 0 radical (unpaired) electrons. The molecule has 1 amide bonds. The third-order valence-corrected chi connectivity index (χ3v) is 4.04. The van der Waals surface area contributed by atoms with Crippen LogP contribution in [0.5, 0.6) is 0 Å². The summed E-state index contributed by atoms with van der Waals surface area (Å²) in [4.78, 5) is 12.6. The highest BCUT2D eigenvalue weighted by molar-refractivity contribution is 5.96. The van der Waals surface area contributed by atoms with E-state index in [1.807, 2.05) is 32.0 Å². The number of nitrogens with one attached hydrogen (secondary N) is 1. The number of benzene rings is 1. The zero-order chi connectivity index (χ0) is 13.9. The summed E-state index contributed by atoms with van der Waals surface area (Å²) in [6, 6.07) is 6.00. The Kier molecular flexibility index (Phi) is 4.22. The molecular formula is C15H22N2O2. The average molecular weight is 262 g/mol. The molecule has 2 rings (SSSR count). The molecule has 0 atom stereocenters. The van der Waals surface area contributed by atoms with Crippen LogP contribution in [-0.2, 0) is 9.53 Å². The second-order valence-corrected chi connectivity index (χ2v) is 5.32. The Morgan fingerprint density at radius 3 is 2.42 bits per heavy atom. The van der Waals surface area contributed by atoms with Crippen LogP contribution in [0.15, 0.2) is 18.2 Å². The fourth-order valence-corrected chi connectivity index (χ4v) is 2.54. The van der Waals surface area contributed by atoms with Gasteiger partial charge >= 0.3 is 0 Å². The largest absolute Gasteiger partial charge is 0.381 e. The van der Waals surface area contributed by atoms with E-state index in [9.17, 15) is 4.79 Å². The predicted octanol–water partition coefficient (Wildman–Crippen LogP) is 2.00. The van der Waals surface area contributed by atoms with Crippen molar-refractivity contribution in [1.82, 2.24) is 0 Å². The summed E-state index contributed by atoms with van der Waals surface area (Å²) in [5.41, 5.74) is 8.44. The van der Waals surface area contributed by atoms with E-state index >= 15 is 0 Å². The van der Waals surface area contributed by atoms with Crippen molar-refractivity contribution in [2.45, 2.75) is 26.7 Å². The monoisotopic (exact) mass is 262 g/mol. The molecule has 1 aromatic carbocycles. The zero-order valence-corrected chi connectivity index (χ0v) is 11.7. The molecule has 1 fully saturated rings. The van der Waals surface area contributed by atoms with Gasteiger partial charge in [0, 0.05) is 25.4 Å². The molecule has 4 nitrogen and oxygen atoms in total. The minimum atomic E-state index is -0.479. The van der Waals surface area contributed by atoms with E-state index in [0.717, 1.165) is 16.8 Å². The van der Waals surface area contributed by atoms with E-state index in [1.165, 1.54) is 0 Å². The smallest absolute Gasteiger partial charge is 0.232 e. The molecule has 19 heavy (non-hydrogen) atoms. The molecule has 104 valence electrons. The van der Waals surface area contributed by atoms with Crippen LogP contribution in [0.1, 0.15) is 24.0 Å². The lowest BCUT2D eigenvalue weighted by Crippen LogP contribution is -2.46. The summed E-state index contributed by atoms with van der Waals surface area (Å²) in [6.07, 6.45) is 1.39. The van der Waals surface area contributed by atoms with Gasteiger partial charge in [-0.3, -0.25) is 4.79 Å². The van der Waals surface area contributed by atoms with E-state index in [0.29, 0.717) is 32.6 Å². The molecule has 0 spiro atoms. The number of hydrogen-bond acceptors (Lipinski definition) is 3. The van der Waals surface area contributed by atoms with Crippen LogP contribution in [-0.4, -0.2) is 25.7 Å². The van der Waals surface area contributed by atoms with Gasteiger partial charge in [0.15, 0.2) is 0 Å². The fraction of sp³-hybridized carbons (Fsp3) is 0.533. The molecule has 3 N–H and O–H groups in total. The summed E-state index contributed by atoms with van der Waals surface area (Å²) in [7, 11) is 0. The molecule has 0 aromatic heterocycles. The van der Waals surface area contributed by atoms with E-state index in [2.05, 4.69) is 5.32 Å². The Bertz CT molecular complexity index is 445. The lowest BCUT2D eigenvalue weighted by atomic mass is 9.79. The van der Waals surface area contributed by atoms with Crippen LogP contribution >= 0.6 is 0 Å². The maximum atomic E-state index is 12.6. The maximum Gasteiger partial charge on any atom is 0.232 e. The first-order valence-electron chi connectivity index (χ1n) is 6.74. The van der Waals surface area contributed by atoms with Crippen molar-refractivity contribution in [1.29, 1.82) is 0 Å². The second-order valence-electron chi connectivity index (χ2n) is 5.32. The van der Waals surface area contributed by atoms with E-state index in [4.69, 9.17) is 10.5 Å². The normalized spacial score (nSPS) is 18.1. The third-order valence-electron chi connectivity index (χ3n) is 4.04. The fourth-order valence-electron chi connectivity index (χ4n) is 2.54. The molecule has 1 saturated heterocycles. The van der Waals surface area contributed by atoms with E-state index in [-0.39, 0.29) is 5.91 Å². The van der Waals surface area contributed by atoms with Crippen molar-refractivity contribution in [2.24, 2.45) is 11.1 Å². The van der Waals surface area contributed by atoms with Crippen LogP contribution in [0.2, 0.25) is 0 Å². The molecule has 4 heteroatoms. The molecular weight excluding hydrogens is 240 g/mol. The number of nitrogens with two attached hydrogens (primary N) is 1. The minimum absolute atomic E-state index is 0.0238. The van der Waals surface area contributed by atoms with E-state index in [1.54, 1.807) is 0 Å². The first-order chi connectivity index (χ1) is 9.09. The summed E-state index contributed by atoms with van der Waals surface area (Å²) in [5.74, 6) is 0.0238. The highest BCUT2D eigenvalue weighted by atomic mass is 16.5. The van der Waals surface area contributed by atoms with Gasteiger partial charge in [-0.1, -0.05) is 18.2 Å². The second kappa shape index (κ2) is 5.72. The number of carbonyl (C=O) groups excluding carboxylic acids is 1. The topological polar surface area (TPSA) is 64.4 Å². The SMILES string of the molecule is Cc1cccc(C)c1NC(=O)C1(CN)CCOCC1. The number of carbonyl (C=O) groups is 1. The quantitative estimate of drug-likeness (QED) is 0.875. The molecule has 0 unspecified atom stereocenters. The number of amides is 1. The predicted molar refractivity (Wildman–Crippen MR) is 76.1 cm³/mol. The summed E-state index contributed by atoms with van der Waals surface area (Å²) in [5, 5.41) is 3.07. The van der Waals surface area contributed by atoms with Gasteiger partial charge in [-0.25, -0.2) is 0 Å². The van der Waals surface area contributed by atoms with Crippen molar-refractivity contribution < 1.29 is 9.53 Å². The average Bonchev–Trinajstić information content (AvgIpc) is 2.43.